The molecule has 48 heavy (non-hydrogen) atoms. The molecule has 0 aliphatic carbocycles. The first-order valence-corrected chi connectivity index (χ1v) is 17.8. The molecule has 0 bridgehead atoms. The number of halogens is 3. The Bertz CT molecular complexity index is 2370. The monoisotopic (exact) mass is 691 g/mol. The van der Waals surface area contributed by atoms with Crippen LogP contribution in [0.15, 0.2) is 129 Å². The summed E-state index contributed by atoms with van der Waals surface area (Å²) in [7, 11) is -7.67. The molecule has 0 saturated carbocycles. The summed E-state index contributed by atoms with van der Waals surface area (Å²) in [6.45, 7) is 1.36. The van der Waals surface area contributed by atoms with E-state index in [4.69, 9.17) is 0 Å². The van der Waals surface area contributed by atoms with Crippen LogP contribution in [0.25, 0.3) is 21.8 Å². The first-order chi connectivity index (χ1) is 22.9. The van der Waals surface area contributed by atoms with Gasteiger partial charge in [-0.15, -0.1) is 0 Å². The molecule has 8 nitrogen and oxygen atoms in total. The Morgan fingerprint density at radius 3 is 1.60 bits per heavy atom. The minimum Gasteiger partial charge on any atom is -0.393 e. The third-order valence-corrected chi connectivity index (χ3v) is 11.4. The summed E-state index contributed by atoms with van der Waals surface area (Å²) >= 11 is 0. The van der Waals surface area contributed by atoms with Gasteiger partial charge < -0.3 is 10.0 Å². The Kier molecular flexibility index (Phi) is 9.19. The molecule has 4 aromatic carbocycles. The Labute approximate surface area is 275 Å². The van der Waals surface area contributed by atoms with Crippen LogP contribution >= 0.6 is 0 Å². The first-order valence-electron chi connectivity index (χ1n) is 14.8. The largest absolute Gasteiger partial charge is 0.393 e. The number of rotatable bonds is 5. The standard InChI is InChI=1S/C20H19FN2O3S.C15H9F2NO2S/c21-19-6-1-3-14-11-18(13-22-20(14)19)27(25,26)17-5-2-4-15(12-17)23-9-7-16(24)8-10-23;16-11-4-2-5-12(8-11)21(19,20)13-7-10-3-1-6-14(17)15(10)18-9-13/h1-6,11-13,16,24H,7-10H2;1-9H. The predicted octanol–water partition coefficient (Wildman–Crippen LogP) is 6.51. The average molecular weight is 692 g/mol. The number of pyridine rings is 2. The summed E-state index contributed by atoms with van der Waals surface area (Å²) < 4.78 is 91.4. The van der Waals surface area contributed by atoms with E-state index in [2.05, 4.69) is 14.9 Å². The molecule has 1 fully saturated rings. The second kappa shape index (κ2) is 13.3. The molecule has 6 aromatic rings. The van der Waals surface area contributed by atoms with E-state index in [0.717, 1.165) is 24.0 Å². The molecule has 13 heteroatoms. The molecule has 1 aliphatic heterocycles. The summed E-state index contributed by atoms with van der Waals surface area (Å²) in [6.07, 6.45) is 3.31. The number of piperidine rings is 1. The average Bonchev–Trinajstić information content (AvgIpc) is 3.09. The quantitative estimate of drug-likeness (QED) is 0.218. The van der Waals surface area contributed by atoms with Crippen LogP contribution in [-0.2, 0) is 19.7 Å². The molecule has 1 saturated heterocycles. The van der Waals surface area contributed by atoms with Crippen molar-refractivity contribution in [1.82, 2.24) is 9.97 Å². The third kappa shape index (κ3) is 6.75. The minimum absolute atomic E-state index is 0.0341. The number of anilines is 1. The number of hydrogen-bond acceptors (Lipinski definition) is 8. The number of aromatic nitrogens is 2. The van der Waals surface area contributed by atoms with Gasteiger partial charge in [-0.05, 0) is 73.5 Å². The smallest absolute Gasteiger partial charge is 0.208 e. The number of nitrogens with zero attached hydrogens (tertiary/aromatic N) is 3. The molecule has 0 radical (unpaired) electrons. The summed E-state index contributed by atoms with van der Waals surface area (Å²) in [5.41, 5.74) is 1.05. The number of para-hydroxylation sites is 2. The van der Waals surface area contributed by atoms with Gasteiger partial charge in [-0.3, -0.25) is 9.97 Å². The van der Waals surface area contributed by atoms with Crippen LogP contribution in [-0.4, -0.2) is 51.1 Å². The highest BCUT2D eigenvalue weighted by Crippen LogP contribution is 2.29. The van der Waals surface area contributed by atoms with E-state index in [9.17, 15) is 35.1 Å². The van der Waals surface area contributed by atoms with Crippen LogP contribution in [0.4, 0.5) is 18.9 Å². The second-order valence-corrected chi connectivity index (χ2v) is 15.0. The highest BCUT2D eigenvalue weighted by Gasteiger charge is 2.23. The summed E-state index contributed by atoms with van der Waals surface area (Å²) in [5, 5.41) is 10.5. The van der Waals surface area contributed by atoms with Crippen molar-refractivity contribution in [3.8, 4) is 0 Å². The zero-order valence-corrected chi connectivity index (χ0v) is 26.8. The molecule has 2 aromatic heterocycles. The number of sulfone groups is 2. The predicted molar refractivity (Wildman–Crippen MR) is 175 cm³/mol. The van der Waals surface area contributed by atoms with Gasteiger partial charge in [0, 0.05) is 41.9 Å². The van der Waals surface area contributed by atoms with E-state index in [1.54, 1.807) is 30.3 Å². The number of aliphatic hydroxyl groups is 1. The van der Waals surface area contributed by atoms with Gasteiger partial charge in [-0.2, -0.15) is 0 Å². The number of benzene rings is 4. The third-order valence-electron chi connectivity index (χ3n) is 7.96. The van der Waals surface area contributed by atoms with Gasteiger partial charge in [0.2, 0.25) is 19.7 Å². The van der Waals surface area contributed by atoms with Crippen molar-refractivity contribution < 1.29 is 35.1 Å². The SMILES string of the molecule is O=S(=O)(c1cccc(F)c1)c1cnc2c(F)cccc2c1.O=S(=O)(c1cccc(N2CCC(O)CC2)c1)c1cnc2c(F)cccc2c1. The van der Waals surface area contributed by atoms with Gasteiger partial charge in [0.1, 0.15) is 28.5 Å². The lowest BCUT2D eigenvalue weighted by molar-refractivity contribution is 0.145. The van der Waals surface area contributed by atoms with Gasteiger partial charge in [-0.25, -0.2) is 30.0 Å². The van der Waals surface area contributed by atoms with Gasteiger partial charge in [0.25, 0.3) is 0 Å². The Balaban J connectivity index is 0.000000173. The first kappa shape index (κ1) is 33.1. The van der Waals surface area contributed by atoms with E-state index >= 15 is 0 Å². The lowest BCUT2D eigenvalue weighted by atomic mass is 10.1. The molecule has 1 N–H and O–H groups in total. The topological polar surface area (TPSA) is 118 Å². The Hall–Kier alpha value is -4.85. The van der Waals surface area contributed by atoms with Crippen molar-refractivity contribution in [2.24, 2.45) is 0 Å². The molecule has 7 rings (SSSR count). The lowest BCUT2D eigenvalue weighted by Gasteiger charge is -2.31. The lowest BCUT2D eigenvalue weighted by Crippen LogP contribution is -2.35. The zero-order valence-electron chi connectivity index (χ0n) is 25.2. The number of fused-ring (bicyclic) bond motifs is 2. The number of hydrogen-bond donors (Lipinski definition) is 1. The number of aliphatic hydroxyl groups excluding tert-OH is 1. The molecular formula is C35H28F3N3O5S2. The normalized spacial score (nSPS) is 14.1. The van der Waals surface area contributed by atoms with Crippen molar-refractivity contribution in [3.63, 3.8) is 0 Å². The van der Waals surface area contributed by atoms with Crippen molar-refractivity contribution >= 4 is 47.2 Å². The van der Waals surface area contributed by atoms with Crippen molar-refractivity contribution in [2.45, 2.75) is 38.5 Å². The highest BCUT2D eigenvalue weighted by molar-refractivity contribution is 7.91. The van der Waals surface area contributed by atoms with E-state index in [0.29, 0.717) is 36.7 Å². The van der Waals surface area contributed by atoms with Gasteiger partial charge in [-0.1, -0.05) is 36.4 Å². The van der Waals surface area contributed by atoms with E-state index in [1.165, 1.54) is 54.7 Å². The van der Waals surface area contributed by atoms with E-state index in [-0.39, 0.29) is 36.7 Å². The summed E-state index contributed by atoms with van der Waals surface area (Å²) in [5.74, 6) is -1.65. The Morgan fingerprint density at radius 1 is 0.604 bits per heavy atom. The van der Waals surface area contributed by atoms with Crippen LogP contribution in [0.5, 0.6) is 0 Å². The van der Waals surface area contributed by atoms with Crippen LogP contribution < -0.4 is 4.90 Å². The molecule has 0 atom stereocenters. The fraction of sp³-hybridized carbons (Fsp3) is 0.143. The van der Waals surface area contributed by atoms with E-state index in [1.807, 2.05) is 6.07 Å². The van der Waals surface area contributed by atoms with Crippen LogP contribution in [0, 0.1) is 17.5 Å². The minimum atomic E-state index is -3.89. The molecule has 0 amide bonds. The fourth-order valence-corrected chi connectivity index (χ4v) is 7.93. The molecule has 1 aliphatic rings. The van der Waals surface area contributed by atoms with Crippen molar-refractivity contribution in [3.05, 3.63) is 127 Å². The molecule has 0 unspecified atom stereocenters. The maximum Gasteiger partial charge on any atom is 0.208 e. The van der Waals surface area contributed by atoms with Crippen LogP contribution in [0.1, 0.15) is 12.8 Å². The summed E-state index contributed by atoms with van der Waals surface area (Å²) in [6, 6.07) is 23.0. The second-order valence-electron chi connectivity index (χ2n) is 11.1. The Morgan fingerprint density at radius 2 is 1.08 bits per heavy atom. The molecular weight excluding hydrogens is 664 g/mol. The fourth-order valence-electron chi connectivity index (χ4n) is 5.38. The van der Waals surface area contributed by atoms with Crippen molar-refractivity contribution in [2.75, 3.05) is 18.0 Å². The summed E-state index contributed by atoms with van der Waals surface area (Å²) in [4.78, 5) is 9.85. The van der Waals surface area contributed by atoms with Gasteiger partial charge in [0.15, 0.2) is 0 Å². The molecule has 0 spiro atoms. The molecule has 3 heterocycles. The molecule has 246 valence electrons. The van der Waals surface area contributed by atoms with Gasteiger partial charge in [0.05, 0.1) is 25.7 Å². The van der Waals surface area contributed by atoms with E-state index < -0.39 is 37.1 Å². The van der Waals surface area contributed by atoms with Crippen LogP contribution in [0.2, 0.25) is 0 Å². The van der Waals surface area contributed by atoms with Crippen molar-refractivity contribution in [1.29, 1.82) is 0 Å². The van der Waals surface area contributed by atoms with Crippen LogP contribution in [0.3, 0.4) is 0 Å². The maximum absolute atomic E-state index is 13.8. The maximum atomic E-state index is 13.8. The van der Waals surface area contributed by atoms with Gasteiger partial charge >= 0.3 is 0 Å². The zero-order chi connectivity index (χ0) is 34.1. The highest BCUT2D eigenvalue weighted by atomic mass is 32.2.